The van der Waals surface area contributed by atoms with Crippen molar-refractivity contribution >= 4 is 34.6 Å². The number of benzene rings is 2. The molecule has 0 spiro atoms. The molecular weight excluding hydrogens is 443 g/mol. The number of aryl methyl sites for hydroxylation is 1. The van der Waals surface area contributed by atoms with Crippen LogP contribution in [0, 0.1) is 12.7 Å². The lowest BCUT2D eigenvalue weighted by Crippen LogP contribution is -2.52. The number of hydrogen-bond acceptors (Lipinski definition) is 6. The minimum Gasteiger partial charge on any atom is -0.496 e. The third kappa shape index (κ3) is 4.18. The Morgan fingerprint density at radius 3 is 2.58 bits per heavy atom. The number of nitrogens with one attached hydrogen (secondary N) is 1. The number of halogens is 1. The van der Waals surface area contributed by atoms with Gasteiger partial charge in [0.05, 0.1) is 18.5 Å². The van der Waals surface area contributed by atoms with Gasteiger partial charge in [-0.2, -0.15) is 0 Å². The first-order valence-electron chi connectivity index (χ1n) is 10.4. The first-order chi connectivity index (χ1) is 15.6. The van der Waals surface area contributed by atoms with Crippen LogP contribution in [0.5, 0.6) is 5.75 Å². The number of thiophene rings is 1. The minimum absolute atomic E-state index is 0.103. The summed E-state index contributed by atoms with van der Waals surface area (Å²) < 4.78 is 25.3. The maximum absolute atomic E-state index is 14.2. The lowest BCUT2D eigenvalue weighted by molar-refractivity contribution is -0.121. The average molecular weight is 469 g/mol. The van der Waals surface area contributed by atoms with Gasteiger partial charge in [0.2, 0.25) is 0 Å². The first-order valence-corrected chi connectivity index (χ1v) is 11.2. The highest BCUT2D eigenvalue weighted by Crippen LogP contribution is 2.44. The molecule has 1 aromatic heterocycles. The molecule has 8 heteroatoms. The normalized spacial score (nSPS) is 14.5. The second kappa shape index (κ2) is 8.51. The Kier molecular flexibility index (Phi) is 5.88. The van der Waals surface area contributed by atoms with Crippen molar-refractivity contribution in [3.05, 3.63) is 63.6 Å². The smallest absolute Gasteiger partial charge is 0.348 e. The summed E-state index contributed by atoms with van der Waals surface area (Å²) >= 11 is 1.35. The van der Waals surface area contributed by atoms with Crippen molar-refractivity contribution in [1.82, 2.24) is 0 Å². The Labute approximate surface area is 195 Å². The van der Waals surface area contributed by atoms with Crippen LogP contribution in [0.25, 0.3) is 11.1 Å². The number of carbonyl (C=O) groups excluding carboxylic acids is 2. The molecule has 33 heavy (non-hydrogen) atoms. The van der Waals surface area contributed by atoms with Gasteiger partial charge >= 0.3 is 5.97 Å². The molecule has 2 heterocycles. The van der Waals surface area contributed by atoms with Crippen LogP contribution in [0.1, 0.15) is 34.0 Å². The van der Waals surface area contributed by atoms with E-state index in [0.717, 1.165) is 10.6 Å². The molecular formula is C25H25FN2O4S. The topological polar surface area (TPSA) is 67.9 Å². The van der Waals surface area contributed by atoms with Gasteiger partial charge in [-0.15, -0.1) is 11.3 Å². The summed E-state index contributed by atoms with van der Waals surface area (Å²) in [5, 5.41) is 3.26. The second-order valence-electron chi connectivity index (χ2n) is 8.43. The summed E-state index contributed by atoms with van der Waals surface area (Å²) in [6.07, 6.45) is 0. The number of ether oxygens (including phenoxy) is 2. The van der Waals surface area contributed by atoms with Crippen LogP contribution >= 0.6 is 11.3 Å². The van der Waals surface area contributed by atoms with Crippen molar-refractivity contribution in [2.24, 2.45) is 0 Å². The van der Waals surface area contributed by atoms with E-state index in [-0.39, 0.29) is 12.5 Å². The maximum Gasteiger partial charge on any atom is 0.348 e. The quantitative estimate of drug-likeness (QED) is 0.508. The van der Waals surface area contributed by atoms with Crippen LogP contribution in [-0.2, 0) is 16.1 Å². The molecule has 0 saturated heterocycles. The Morgan fingerprint density at radius 1 is 1.15 bits per heavy atom. The fourth-order valence-corrected chi connectivity index (χ4v) is 4.83. The van der Waals surface area contributed by atoms with Gasteiger partial charge in [0.15, 0.2) is 0 Å². The Bertz CT molecular complexity index is 1250. The number of hydrogen-bond donors (Lipinski definition) is 1. The van der Waals surface area contributed by atoms with Gasteiger partial charge in [-0.25, -0.2) is 9.18 Å². The molecule has 6 nitrogen and oxygen atoms in total. The molecule has 0 fully saturated rings. The molecule has 0 radical (unpaired) electrons. The SMILES string of the molecule is COc1ccc(F)cc1-c1ccc2c(c1COC(=O)c1ccc(C)s1)N(C)C(=O)C(C)(C)N2. The minimum atomic E-state index is -0.803. The van der Waals surface area contributed by atoms with E-state index in [0.29, 0.717) is 33.0 Å². The van der Waals surface area contributed by atoms with E-state index in [1.165, 1.54) is 30.6 Å². The van der Waals surface area contributed by atoms with Gasteiger partial charge in [0, 0.05) is 23.1 Å². The Balaban J connectivity index is 1.85. The number of amides is 1. The predicted molar refractivity (Wildman–Crippen MR) is 128 cm³/mol. The van der Waals surface area contributed by atoms with Crippen LogP contribution in [0.4, 0.5) is 15.8 Å². The van der Waals surface area contributed by atoms with Crippen LogP contribution in [0.3, 0.4) is 0 Å². The van der Waals surface area contributed by atoms with Crippen LogP contribution < -0.4 is 15.0 Å². The zero-order valence-corrected chi connectivity index (χ0v) is 19.9. The van der Waals surface area contributed by atoms with E-state index < -0.39 is 17.3 Å². The third-order valence-corrected chi connectivity index (χ3v) is 6.63. The number of esters is 1. The van der Waals surface area contributed by atoms with Crippen molar-refractivity contribution in [1.29, 1.82) is 0 Å². The predicted octanol–water partition coefficient (Wildman–Crippen LogP) is 5.40. The molecule has 1 N–H and O–H groups in total. The highest BCUT2D eigenvalue weighted by Gasteiger charge is 2.38. The molecule has 0 unspecified atom stereocenters. The number of methoxy groups -OCH3 is 1. The molecule has 0 atom stereocenters. The van der Waals surface area contributed by atoms with Crippen molar-refractivity contribution in [2.75, 3.05) is 24.4 Å². The molecule has 1 amide bonds. The Morgan fingerprint density at radius 2 is 1.91 bits per heavy atom. The highest BCUT2D eigenvalue weighted by atomic mass is 32.1. The number of nitrogens with zero attached hydrogens (tertiary/aromatic N) is 1. The summed E-state index contributed by atoms with van der Waals surface area (Å²) in [5.74, 6) is -0.555. The molecule has 4 rings (SSSR count). The van der Waals surface area contributed by atoms with Crippen molar-refractivity contribution in [3.8, 4) is 16.9 Å². The molecule has 172 valence electrons. The summed E-state index contributed by atoms with van der Waals surface area (Å²) in [4.78, 5) is 28.8. The second-order valence-corrected chi connectivity index (χ2v) is 9.72. The first kappa shape index (κ1) is 22.8. The van der Waals surface area contributed by atoms with Gasteiger partial charge in [-0.1, -0.05) is 6.07 Å². The molecule has 2 aromatic carbocycles. The van der Waals surface area contributed by atoms with E-state index in [9.17, 15) is 14.0 Å². The number of carbonyl (C=O) groups is 2. The van der Waals surface area contributed by atoms with E-state index in [2.05, 4.69) is 5.32 Å². The summed E-state index contributed by atoms with van der Waals surface area (Å²) in [7, 11) is 3.19. The number of fused-ring (bicyclic) bond motifs is 1. The number of likely N-dealkylation sites (N-methyl/N-ethyl adjacent to an activating group) is 1. The number of rotatable bonds is 5. The van der Waals surface area contributed by atoms with E-state index in [1.54, 1.807) is 37.9 Å². The average Bonchev–Trinajstić information content (AvgIpc) is 3.21. The monoisotopic (exact) mass is 468 g/mol. The molecule has 0 saturated carbocycles. The maximum atomic E-state index is 14.2. The summed E-state index contributed by atoms with van der Waals surface area (Å²) in [6, 6.07) is 11.5. The fraction of sp³-hybridized carbons (Fsp3) is 0.280. The molecule has 0 bridgehead atoms. The molecule has 1 aliphatic rings. The van der Waals surface area contributed by atoms with E-state index in [1.807, 2.05) is 25.1 Å². The lowest BCUT2D eigenvalue weighted by Gasteiger charge is -2.39. The fourth-order valence-electron chi connectivity index (χ4n) is 4.07. The van der Waals surface area contributed by atoms with Crippen LogP contribution in [-0.4, -0.2) is 31.6 Å². The highest BCUT2D eigenvalue weighted by molar-refractivity contribution is 7.13. The summed E-state index contributed by atoms with van der Waals surface area (Å²) in [6.45, 7) is 5.42. The molecule has 1 aliphatic heterocycles. The van der Waals surface area contributed by atoms with Crippen molar-refractivity contribution in [2.45, 2.75) is 32.9 Å². The van der Waals surface area contributed by atoms with Crippen molar-refractivity contribution < 1.29 is 23.5 Å². The van der Waals surface area contributed by atoms with Gasteiger partial charge < -0.3 is 19.7 Å². The number of anilines is 2. The third-order valence-electron chi connectivity index (χ3n) is 5.65. The molecule has 3 aromatic rings. The molecule has 0 aliphatic carbocycles. The lowest BCUT2D eigenvalue weighted by atomic mass is 9.92. The zero-order chi connectivity index (χ0) is 23.9. The summed E-state index contributed by atoms with van der Waals surface area (Å²) in [5.41, 5.74) is 2.20. The standard InChI is InChI=1S/C25H25FN2O4S/c1-14-6-11-21(33-14)23(29)32-13-18-16(17-12-15(26)7-10-20(17)31-5)8-9-19-22(18)28(4)24(30)25(2,3)27-19/h6-12,27H,13H2,1-5H3. The van der Waals surface area contributed by atoms with Gasteiger partial charge in [-0.05, 0) is 62.7 Å². The van der Waals surface area contributed by atoms with Gasteiger partial charge in [-0.3, -0.25) is 4.79 Å². The Hall–Kier alpha value is -3.39. The van der Waals surface area contributed by atoms with Gasteiger partial charge in [0.1, 0.15) is 28.6 Å². The largest absolute Gasteiger partial charge is 0.496 e. The van der Waals surface area contributed by atoms with Crippen molar-refractivity contribution in [3.63, 3.8) is 0 Å². The van der Waals surface area contributed by atoms with E-state index in [4.69, 9.17) is 9.47 Å². The van der Waals surface area contributed by atoms with Crippen LogP contribution in [0.2, 0.25) is 0 Å². The van der Waals surface area contributed by atoms with Gasteiger partial charge in [0.25, 0.3) is 5.91 Å². The van der Waals surface area contributed by atoms with Crippen LogP contribution in [0.15, 0.2) is 42.5 Å². The van der Waals surface area contributed by atoms with E-state index >= 15 is 0 Å². The zero-order valence-electron chi connectivity index (χ0n) is 19.1.